The summed E-state index contributed by atoms with van der Waals surface area (Å²) in [7, 11) is 0. The van der Waals surface area contributed by atoms with Crippen molar-refractivity contribution in [2.75, 3.05) is 0 Å². The van der Waals surface area contributed by atoms with Gasteiger partial charge in [0.05, 0.1) is 27.8 Å². The third-order valence-electron chi connectivity index (χ3n) is 9.92. The molecule has 6 nitrogen and oxygen atoms in total. The average Bonchev–Trinajstić information content (AvgIpc) is 3.95. The van der Waals surface area contributed by atoms with E-state index in [9.17, 15) is 13.2 Å². The molecule has 0 atom stereocenters. The van der Waals surface area contributed by atoms with Gasteiger partial charge in [-0.2, -0.15) is 13.2 Å². The number of nitrogens with zero attached hydrogens (tertiary/aromatic N) is 6. The van der Waals surface area contributed by atoms with Gasteiger partial charge in [-0.1, -0.05) is 72.8 Å². The minimum atomic E-state index is -4.67. The van der Waals surface area contributed by atoms with E-state index < -0.39 is 11.9 Å². The van der Waals surface area contributed by atoms with Crippen molar-refractivity contribution in [1.29, 1.82) is 0 Å². The highest BCUT2D eigenvalue weighted by Crippen LogP contribution is 2.38. The fourth-order valence-corrected chi connectivity index (χ4v) is 7.66. The lowest BCUT2D eigenvalue weighted by atomic mass is 10.1. The van der Waals surface area contributed by atoms with Crippen LogP contribution in [0.15, 0.2) is 158 Å². The van der Waals surface area contributed by atoms with E-state index in [0.717, 1.165) is 66.9 Å². The first-order chi connectivity index (χ1) is 25.8. The van der Waals surface area contributed by atoms with Gasteiger partial charge in [0.25, 0.3) is 0 Å². The van der Waals surface area contributed by atoms with Gasteiger partial charge >= 0.3 is 6.18 Å². The molecule has 0 saturated carbocycles. The van der Waals surface area contributed by atoms with Gasteiger partial charge in [0, 0.05) is 56.7 Å². The fourth-order valence-electron chi connectivity index (χ4n) is 7.66. The summed E-state index contributed by atoms with van der Waals surface area (Å²) in [4.78, 5) is 9.02. The molecule has 0 bridgehead atoms. The van der Waals surface area contributed by atoms with E-state index in [0.29, 0.717) is 17.2 Å². The van der Waals surface area contributed by atoms with Crippen molar-refractivity contribution in [3.05, 3.63) is 169 Å². The van der Waals surface area contributed by atoms with Gasteiger partial charge in [-0.05, 0) is 79.7 Å². The van der Waals surface area contributed by atoms with Gasteiger partial charge in [-0.15, -0.1) is 0 Å². The highest BCUT2D eigenvalue weighted by Gasteiger charge is 2.36. The Morgan fingerprint density at radius 1 is 0.434 bits per heavy atom. The summed E-state index contributed by atoms with van der Waals surface area (Å²) in [6, 6.07) is 48.3. The van der Waals surface area contributed by atoms with Crippen molar-refractivity contribution >= 4 is 43.6 Å². The molecule has 0 N–H and O–H groups in total. The molecule has 0 aliphatic heterocycles. The molecular formula is C44H29F3N6. The number of hydrogen-bond acceptors (Lipinski definition) is 2. The van der Waals surface area contributed by atoms with E-state index in [2.05, 4.69) is 56.6 Å². The minimum absolute atomic E-state index is 0.0865. The second-order valence-corrected chi connectivity index (χ2v) is 13.2. The Labute approximate surface area is 301 Å². The molecular weight excluding hydrogens is 670 g/mol. The predicted molar refractivity (Wildman–Crippen MR) is 205 cm³/mol. The molecule has 6 aromatic carbocycles. The monoisotopic (exact) mass is 698 g/mol. The van der Waals surface area contributed by atoms with Crippen LogP contribution >= 0.6 is 0 Å². The standard InChI is InChI=1S/C44H29F3N6/c1-28-26-50(31-20-22-39-35(24-31)33-16-8-10-18-37(33)52(39)29-12-4-2-5-13-29)42(48-28)43-49-41(44(45,46)47)27-51(43)32-21-23-40-36(25-32)34-17-9-11-19-38(34)53(40)30-14-6-3-7-15-30/h2-27H,1H3. The summed E-state index contributed by atoms with van der Waals surface area (Å²) >= 11 is 0. The molecule has 0 amide bonds. The number of rotatable bonds is 5. The number of fused-ring (bicyclic) bond motifs is 6. The van der Waals surface area contributed by atoms with Crippen LogP contribution in [0.3, 0.4) is 0 Å². The first-order valence-corrected chi connectivity index (χ1v) is 17.2. The molecule has 0 fully saturated rings. The van der Waals surface area contributed by atoms with E-state index >= 15 is 0 Å². The zero-order valence-corrected chi connectivity index (χ0v) is 28.3. The highest BCUT2D eigenvalue weighted by molar-refractivity contribution is 6.11. The van der Waals surface area contributed by atoms with E-state index in [1.54, 1.807) is 0 Å². The maximum absolute atomic E-state index is 14.5. The molecule has 53 heavy (non-hydrogen) atoms. The summed E-state index contributed by atoms with van der Waals surface area (Å²) in [5, 5.41) is 3.98. The molecule has 10 rings (SSSR count). The van der Waals surface area contributed by atoms with Crippen molar-refractivity contribution < 1.29 is 13.2 Å². The summed E-state index contributed by atoms with van der Waals surface area (Å²) in [5.74, 6) is 0.388. The molecule has 10 aromatic rings. The lowest BCUT2D eigenvalue weighted by molar-refractivity contribution is -0.140. The van der Waals surface area contributed by atoms with Crippen molar-refractivity contribution in [2.45, 2.75) is 13.1 Å². The number of hydrogen-bond donors (Lipinski definition) is 0. The smallest absolute Gasteiger partial charge is 0.309 e. The second kappa shape index (κ2) is 11.6. The Morgan fingerprint density at radius 2 is 0.868 bits per heavy atom. The van der Waals surface area contributed by atoms with Crippen molar-refractivity contribution in [2.24, 2.45) is 0 Å². The summed E-state index contributed by atoms with van der Waals surface area (Å²) in [6.45, 7) is 1.84. The summed E-state index contributed by atoms with van der Waals surface area (Å²) < 4.78 is 51.1. The van der Waals surface area contributed by atoms with Crippen LogP contribution in [0, 0.1) is 6.92 Å². The minimum Gasteiger partial charge on any atom is -0.309 e. The topological polar surface area (TPSA) is 45.5 Å². The summed E-state index contributed by atoms with van der Waals surface area (Å²) in [6.07, 6.45) is -1.76. The van der Waals surface area contributed by atoms with E-state index in [1.165, 1.54) is 4.57 Å². The van der Waals surface area contributed by atoms with E-state index in [1.807, 2.05) is 121 Å². The van der Waals surface area contributed by atoms with Crippen LogP contribution in [0.4, 0.5) is 13.2 Å². The quantitative estimate of drug-likeness (QED) is 0.180. The van der Waals surface area contributed by atoms with Gasteiger partial charge in [-0.3, -0.25) is 9.13 Å². The molecule has 0 saturated heterocycles. The Morgan fingerprint density at radius 3 is 1.38 bits per heavy atom. The molecule has 4 heterocycles. The average molecular weight is 699 g/mol. The summed E-state index contributed by atoms with van der Waals surface area (Å²) in [5.41, 5.74) is 7.01. The van der Waals surface area contributed by atoms with Crippen LogP contribution in [-0.4, -0.2) is 28.2 Å². The molecule has 0 aliphatic carbocycles. The van der Waals surface area contributed by atoms with Gasteiger partial charge in [0.1, 0.15) is 0 Å². The number of halogens is 3. The zero-order valence-electron chi connectivity index (χ0n) is 28.3. The number of aromatic nitrogens is 6. The molecule has 0 spiro atoms. The maximum Gasteiger partial charge on any atom is 0.434 e. The van der Waals surface area contributed by atoms with Crippen molar-refractivity contribution in [1.82, 2.24) is 28.2 Å². The molecule has 0 unspecified atom stereocenters. The van der Waals surface area contributed by atoms with Gasteiger partial charge in [0.15, 0.2) is 17.3 Å². The molecule has 0 aliphatic rings. The lowest BCUT2D eigenvalue weighted by Crippen LogP contribution is -2.05. The Bertz CT molecular complexity index is 3000. The Kier molecular flexibility index (Phi) is 6.75. The maximum atomic E-state index is 14.5. The fraction of sp³-hybridized carbons (Fsp3) is 0.0455. The number of alkyl halides is 3. The Balaban J connectivity index is 1.17. The van der Waals surface area contributed by atoms with E-state index in [4.69, 9.17) is 4.98 Å². The molecule has 256 valence electrons. The number of imidazole rings is 2. The third kappa shape index (κ3) is 4.88. The zero-order chi connectivity index (χ0) is 35.8. The van der Waals surface area contributed by atoms with Crippen LogP contribution in [0.5, 0.6) is 0 Å². The van der Waals surface area contributed by atoms with Crippen LogP contribution in [0.1, 0.15) is 11.4 Å². The first-order valence-electron chi connectivity index (χ1n) is 17.2. The van der Waals surface area contributed by atoms with Crippen LogP contribution < -0.4 is 0 Å². The third-order valence-corrected chi connectivity index (χ3v) is 9.92. The van der Waals surface area contributed by atoms with Crippen molar-refractivity contribution in [3.63, 3.8) is 0 Å². The Hall–Kier alpha value is -6.87. The van der Waals surface area contributed by atoms with Gasteiger partial charge < -0.3 is 9.13 Å². The highest BCUT2D eigenvalue weighted by atomic mass is 19.4. The second-order valence-electron chi connectivity index (χ2n) is 13.2. The van der Waals surface area contributed by atoms with Crippen LogP contribution in [0.25, 0.3) is 78.0 Å². The van der Waals surface area contributed by atoms with Gasteiger partial charge in [-0.25, -0.2) is 9.97 Å². The van der Waals surface area contributed by atoms with Crippen LogP contribution in [0.2, 0.25) is 0 Å². The first kappa shape index (κ1) is 30.9. The number of para-hydroxylation sites is 4. The molecule has 4 aromatic heterocycles. The largest absolute Gasteiger partial charge is 0.434 e. The lowest BCUT2D eigenvalue weighted by Gasteiger charge is -2.12. The van der Waals surface area contributed by atoms with Crippen LogP contribution in [-0.2, 0) is 6.18 Å². The number of aryl methyl sites for hydroxylation is 1. The van der Waals surface area contributed by atoms with E-state index in [-0.39, 0.29) is 5.82 Å². The van der Waals surface area contributed by atoms with Crippen molar-refractivity contribution in [3.8, 4) is 34.4 Å². The molecule has 9 heteroatoms. The molecule has 0 radical (unpaired) electrons. The predicted octanol–water partition coefficient (Wildman–Crippen LogP) is 11.2. The number of benzene rings is 6. The van der Waals surface area contributed by atoms with Gasteiger partial charge in [0.2, 0.25) is 0 Å². The SMILES string of the molecule is Cc1cn(-c2ccc3c(c2)c2ccccc2n3-c2ccccc2)c(-c2nc(C(F)(F)F)cn2-c2ccc3c(c2)c2ccccc2n3-c2ccccc2)n1. The normalized spacial score (nSPS) is 12.2.